The topological polar surface area (TPSA) is 6.48 Å². The van der Waals surface area contributed by atoms with Crippen LogP contribution in [-0.2, 0) is 6.54 Å². The molecule has 0 N–H and O–H groups in total. The third kappa shape index (κ3) is 3.36. The van der Waals surface area contributed by atoms with Crippen molar-refractivity contribution in [1.29, 1.82) is 0 Å². The van der Waals surface area contributed by atoms with Gasteiger partial charge in [-0.25, -0.2) is 0 Å². The monoisotopic (exact) mass is 244 g/mol. The molecule has 0 spiro atoms. The lowest BCUT2D eigenvalue weighted by Crippen LogP contribution is -2.44. The molecule has 0 amide bonds. The van der Waals surface area contributed by atoms with E-state index in [1.165, 1.54) is 30.8 Å². The minimum absolute atomic E-state index is 1.02. The minimum atomic E-state index is 1.02. The molecule has 1 heterocycles. The second-order valence-electron chi connectivity index (χ2n) is 4.93. The molecule has 0 radical (unpaired) electrons. The lowest BCUT2D eigenvalue weighted by molar-refractivity contribution is 0.0962. The third-order valence-corrected chi connectivity index (χ3v) is 3.64. The first-order chi connectivity index (χ1) is 8.83. The summed E-state index contributed by atoms with van der Waals surface area (Å²) in [4.78, 5) is 5.02. The first-order valence-corrected chi connectivity index (χ1v) is 7.00. The summed E-state index contributed by atoms with van der Waals surface area (Å²) >= 11 is 0. The summed E-state index contributed by atoms with van der Waals surface area (Å²) in [5, 5.41) is 0. The highest BCUT2D eigenvalue weighted by Crippen LogP contribution is 2.17. The van der Waals surface area contributed by atoms with Gasteiger partial charge < -0.3 is 4.90 Å². The van der Waals surface area contributed by atoms with Crippen LogP contribution in [0.2, 0.25) is 0 Å². The molecule has 2 nitrogen and oxygen atoms in total. The van der Waals surface area contributed by atoms with Gasteiger partial charge >= 0.3 is 0 Å². The zero-order valence-electron chi connectivity index (χ0n) is 11.6. The number of rotatable bonds is 6. The molecule has 2 heteroatoms. The summed E-state index contributed by atoms with van der Waals surface area (Å²) in [5.74, 6) is 0. The Balaban J connectivity index is 2.03. The van der Waals surface area contributed by atoms with Crippen molar-refractivity contribution in [2.24, 2.45) is 0 Å². The maximum Gasteiger partial charge on any atom is 0.0707 e. The Bertz CT molecular complexity index is 379. The van der Waals surface area contributed by atoms with Crippen LogP contribution in [-0.4, -0.2) is 29.6 Å². The number of benzene rings is 1. The minimum Gasteiger partial charge on any atom is -0.358 e. The smallest absolute Gasteiger partial charge is 0.0707 e. The molecule has 1 aromatic rings. The number of likely N-dealkylation sites (tertiary alicyclic amines) is 1. The molecular weight excluding hydrogens is 220 g/mol. The van der Waals surface area contributed by atoms with E-state index in [0.717, 1.165) is 19.6 Å². The van der Waals surface area contributed by atoms with Gasteiger partial charge in [0.15, 0.2) is 0 Å². The normalized spacial score (nSPS) is 16.4. The fourth-order valence-electron chi connectivity index (χ4n) is 2.42. The van der Waals surface area contributed by atoms with Crippen LogP contribution in [0.3, 0.4) is 0 Å². The molecule has 1 saturated heterocycles. The van der Waals surface area contributed by atoms with E-state index in [1.807, 2.05) is 0 Å². The van der Waals surface area contributed by atoms with Crippen molar-refractivity contribution >= 4 is 0 Å². The fraction of sp³-hybridized carbons (Fsp3) is 0.500. The predicted molar refractivity (Wildman–Crippen MR) is 77.1 cm³/mol. The predicted octanol–water partition coefficient (Wildman–Crippen LogP) is 3.47. The standard InChI is InChI=1S/C16H24N2/c1-3-16(4-2)18(14-17-11-8-12-17)13-15-9-6-5-7-10-15/h3,5-7,9-10H,4,8,11-14H2,1-2H3/b16-3-. The number of hydrogen-bond donors (Lipinski definition) is 0. The lowest BCUT2D eigenvalue weighted by Gasteiger charge is -2.38. The molecule has 0 unspecified atom stereocenters. The molecular formula is C16H24N2. The van der Waals surface area contributed by atoms with E-state index in [4.69, 9.17) is 0 Å². The fourth-order valence-corrected chi connectivity index (χ4v) is 2.42. The van der Waals surface area contributed by atoms with Gasteiger partial charge in [0.05, 0.1) is 6.67 Å². The van der Waals surface area contributed by atoms with Crippen molar-refractivity contribution in [2.45, 2.75) is 33.2 Å². The summed E-state index contributed by atoms with van der Waals surface area (Å²) in [6, 6.07) is 10.8. The zero-order valence-corrected chi connectivity index (χ0v) is 11.6. The summed E-state index contributed by atoms with van der Waals surface area (Å²) in [5.41, 5.74) is 2.84. The maximum atomic E-state index is 2.52. The van der Waals surface area contributed by atoms with Crippen LogP contribution in [0.25, 0.3) is 0 Å². The molecule has 0 atom stereocenters. The van der Waals surface area contributed by atoms with E-state index in [2.05, 4.69) is 60.1 Å². The summed E-state index contributed by atoms with van der Waals surface area (Å²) in [6.45, 7) is 8.99. The Morgan fingerprint density at radius 1 is 1.28 bits per heavy atom. The largest absolute Gasteiger partial charge is 0.358 e. The Hall–Kier alpha value is -1.28. The molecule has 18 heavy (non-hydrogen) atoms. The summed E-state index contributed by atoms with van der Waals surface area (Å²) in [6.07, 6.45) is 4.72. The Morgan fingerprint density at radius 3 is 2.50 bits per heavy atom. The van der Waals surface area contributed by atoms with Crippen LogP contribution >= 0.6 is 0 Å². The molecule has 2 rings (SSSR count). The third-order valence-electron chi connectivity index (χ3n) is 3.64. The van der Waals surface area contributed by atoms with Gasteiger partial charge in [0.25, 0.3) is 0 Å². The van der Waals surface area contributed by atoms with E-state index in [0.29, 0.717) is 0 Å². The Labute approximate surface area is 111 Å². The van der Waals surface area contributed by atoms with Crippen LogP contribution in [0.4, 0.5) is 0 Å². The molecule has 0 bridgehead atoms. The molecule has 0 aromatic heterocycles. The molecule has 98 valence electrons. The van der Waals surface area contributed by atoms with Gasteiger partial charge in [-0.15, -0.1) is 0 Å². The Kier molecular flexibility index (Phi) is 4.82. The van der Waals surface area contributed by atoms with Crippen LogP contribution in [0.5, 0.6) is 0 Å². The van der Waals surface area contributed by atoms with E-state index in [-0.39, 0.29) is 0 Å². The highest BCUT2D eigenvalue weighted by molar-refractivity contribution is 5.16. The van der Waals surface area contributed by atoms with Crippen molar-refractivity contribution in [3.63, 3.8) is 0 Å². The average molecular weight is 244 g/mol. The quantitative estimate of drug-likeness (QED) is 0.756. The summed E-state index contributed by atoms with van der Waals surface area (Å²) < 4.78 is 0. The molecule has 0 aliphatic carbocycles. The maximum absolute atomic E-state index is 2.52. The highest BCUT2D eigenvalue weighted by Gasteiger charge is 2.18. The summed E-state index contributed by atoms with van der Waals surface area (Å²) in [7, 11) is 0. The van der Waals surface area contributed by atoms with Crippen molar-refractivity contribution in [3.8, 4) is 0 Å². The van der Waals surface area contributed by atoms with Gasteiger partial charge in [0.2, 0.25) is 0 Å². The van der Waals surface area contributed by atoms with Crippen LogP contribution in [0.15, 0.2) is 42.1 Å². The van der Waals surface area contributed by atoms with E-state index < -0.39 is 0 Å². The van der Waals surface area contributed by atoms with Gasteiger partial charge in [-0.1, -0.05) is 43.3 Å². The van der Waals surface area contributed by atoms with E-state index >= 15 is 0 Å². The second kappa shape index (κ2) is 6.60. The van der Waals surface area contributed by atoms with Gasteiger partial charge in [-0.3, -0.25) is 4.90 Å². The average Bonchev–Trinajstić information content (AvgIpc) is 2.36. The zero-order chi connectivity index (χ0) is 12.8. The van der Waals surface area contributed by atoms with Crippen molar-refractivity contribution in [3.05, 3.63) is 47.7 Å². The van der Waals surface area contributed by atoms with Gasteiger partial charge in [0.1, 0.15) is 0 Å². The SMILES string of the molecule is C/C=C(/CC)N(Cc1ccccc1)CN1CCC1. The number of hydrogen-bond acceptors (Lipinski definition) is 2. The van der Waals surface area contributed by atoms with Gasteiger partial charge in [-0.05, 0) is 25.3 Å². The van der Waals surface area contributed by atoms with Gasteiger partial charge in [0, 0.05) is 25.3 Å². The molecule has 1 aliphatic heterocycles. The van der Waals surface area contributed by atoms with Crippen molar-refractivity contribution < 1.29 is 0 Å². The van der Waals surface area contributed by atoms with Crippen LogP contribution < -0.4 is 0 Å². The molecule has 1 aliphatic rings. The van der Waals surface area contributed by atoms with E-state index in [1.54, 1.807) is 0 Å². The first-order valence-electron chi connectivity index (χ1n) is 7.00. The first kappa shape index (κ1) is 13.2. The van der Waals surface area contributed by atoms with Crippen LogP contribution in [0.1, 0.15) is 32.3 Å². The highest BCUT2D eigenvalue weighted by atomic mass is 15.3. The Morgan fingerprint density at radius 2 is 2.00 bits per heavy atom. The second-order valence-corrected chi connectivity index (χ2v) is 4.93. The number of allylic oxidation sites excluding steroid dienone is 2. The van der Waals surface area contributed by atoms with Crippen molar-refractivity contribution in [1.82, 2.24) is 9.80 Å². The lowest BCUT2D eigenvalue weighted by atomic mass is 10.2. The number of nitrogens with zero attached hydrogens (tertiary/aromatic N) is 2. The molecule has 0 saturated carbocycles. The van der Waals surface area contributed by atoms with Gasteiger partial charge in [-0.2, -0.15) is 0 Å². The molecule has 1 fully saturated rings. The van der Waals surface area contributed by atoms with E-state index in [9.17, 15) is 0 Å². The van der Waals surface area contributed by atoms with Crippen LogP contribution in [0, 0.1) is 0 Å². The molecule has 1 aromatic carbocycles. The van der Waals surface area contributed by atoms with Crippen molar-refractivity contribution in [2.75, 3.05) is 19.8 Å².